The van der Waals surface area contributed by atoms with E-state index in [1.807, 2.05) is 30.3 Å². The zero-order valence-electron chi connectivity index (χ0n) is 20.0. The quantitative estimate of drug-likeness (QED) is 0.287. The molecule has 1 heterocycles. The van der Waals surface area contributed by atoms with E-state index in [9.17, 15) is 20.0 Å². The summed E-state index contributed by atoms with van der Waals surface area (Å²) in [5.74, 6) is 0. The minimum absolute atomic E-state index is 0.00908. The molecule has 8 heteroatoms. The first kappa shape index (κ1) is 24.9. The number of hydrogen-bond acceptors (Lipinski definition) is 4. The summed E-state index contributed by atoms with van der Waals surface area (Å²) < 4.78 is 6.85. The summed E-state index contributed by atoms with van der Waals surface area (Å²) >= 11 is 0. The topological polar surface area (TPSA) is 92.9 Å². The van der Waals surface area contributed by atoms with Gasteiger partial charge in [0.05, 0.1) is 17.1 Å². The molecule has 3 rings (SSSR count). The van der Waals surface area contributed by atoms with Crippen LogP contribution in [0.25, 0.3) is 0 Å². The molecule has 1 amide bonds. The molecular formula is C25H34N2O5Si. The lowest BCUT2D eigenvalue weighted by molar-refractivity contribution is -0.384. The van der Waals surface area contributed by atoms with E-state index in [2.05, 4.69) is 33.9 Å². The van der Waals surface area contributed by atoms with E-state index >= 15 is 0 Å². The van der Waals surface area contributed by atoms with Crippen LogP contribution in [-0.4, -0.2) is 41.4 Å². The largest absolute Gasteiger partial charge is 0.465 e. The van der Waals surface area contributed by atoms with Crippen molar-refractivity contribution in [2.75, 3.05) is 0 Å². The maximum Gasteiger partial charge on any atom is 0.407 e. The number of nitrogens with zero attached hydrogens (tertiary/aromatic N) is 2. The monoisotopic (exact) mass is 470 g/mol. The molecule has 0 bridgehead atoms. The van der Waals surface area contributed by atoms with Crippen molar-refractivity contribution in [3.63, 3.8) is 0 Å². The Labute approximate surface area is 196 Å². The average molecular weight is 471 g/mol. The fourth-order valence-electron chi connectivity index (χ4n) is 4.24. The summed E-state index contributed by atoms with van der Waals surface area (Å²) in [6, 6.07) is 15.8. The number of benzene rings is 2. The zero-order valence-corrected chi connectivity index (χ0v) is 21.0. The van der Waals surface area contributed by atoms with Crippen LogP contribution in [0.2, 0.25) is 18.1 Å². The van der Waals surface area contributed by atoms with Crippen LogP contribution in [0.1, 0.15) is 50.8 Å². The molecule has 1 aliphatic heterocycles. The molecule has 0 spiro atoms. The number of nitro groups is 1. The standard InChI is InChI=1S/C25H34N2O5Si/c1-25(2,3)33(4,5)32-23(19-9-7-6-8-10-19)22-16-15-21(26(22)24(28)29)17-18-11-13-20(14-12-18)27(30)31/h6-14,21-23H,15-17H2,1-5H3,(H,28,29)/t21-,22-,23?/m1/s1. The Kier molecular flexibility index (Phi) is 7.28. The Morgan fingerprint density at radius 3 is 2.27 bits per heavy atom. The van der Waals surface area contributed by atoms with Crippen LogP contribution >= 0.6 is 0 Å². The highest BCUT2D eigenvalue weighted by Crippen LogP contribution is 2.44. The van der Waals surface area contributed by atoms with Crippen molar-refractivity contribution in [2.45, 2.75) is 76.4 Å². The number of nitro benzene ring substituents is 1. The lowest BCUT2D eigenvalue weighted by atomic mass is 10.0. The average Bonchev–Trinajstić information content (AvgIpc) is 3.15. The van der Waals surface area contributed by atoms with Crippen molar-refractivity contribution in [1.82, 2.24) is 4.90 Å². The maximum absolute atomic E-state index is 12.4. The number of carbonyl (C=O) groups is 1. The smallest absolute Gasteiger partial charge is 0.407 e. The van der Waals surface area contributed by atoms with Crippen molar-refractivity contribution in [2.24, 2.45) is 0 Å². The molecular weight excluding hydrogens is 436 g/mol. The van der Waals surface area contributed by atoms with Gasteiger partial charge in [-0.3, -0.25) is 15.0 Å². The zero-order chi connectivity index (χ0) is 24.4. The maximum atomic E-state index is 12.4. The van der Waals surface area contributed by atoms with Crippen molar-refractivity contribution >= 4 is 20.1 Å². The molecule has 1 N–H and O–H groups in total. The molecule has 0 saturated carbocycles. The molecule has 1 aliphatic rings. The van der Waals surface area contributed by atoms with Crippen LogP contribution in [0.5, 0.6) is 0 Å². The van der Waals surface area contributed by atoms with Crippen LogP contribution in [0.15, 0.2) is 54.6 Å². The second-order valence-electron chi connectivity index (χ2n) is 10.3. The van der Waals surface area contributed by atoms with Gasteiger partial charge in [0.1, 0.15) is 0 Å². The van der Waals surface area contributed by atoms with Crippen molar-refractivity contribution in [1.29, 1.82) is 0 Å². The number of likely N-dealkylation sites (tertiary alicyclic amines) is 1. The lowest BCUT2D eigenvalue weighted by Crippen LogP contribution is -2.49. The molecule has 2 aromatic carbocycles. The van der Waals surface area contributed by atoms with Gasteiger partial charge in [-0.15, -0.1) is 0 Å². The Bertz CT molecular complexity index is 973. The summed E-state index contributed by atoms with van der Waals surface area (Å²) in [5, 5.41) is 21.1. The molecule has 0 aliphatic carbocycles. The molecule has 2 aromatic rings. The SMILES string of the molecule is CC(C)(C)[Si](C)(C)OC(c1ccccc1)[C@H]1CC[C@H](Cc2ccc([N+](=O)[O-])cc2)N1C(=O)O. The van der Waals surface area contributed by atoms with Gasteiger partial charge in [0.15, 0.2) is 8.32 Å². The minimum Gasteiger partial charge on any atom is -0.465 e. The summed E-state index contributed by atoms with van der Waals surface area (Å²) in [6.45, 7) is 10.9. The molecule has 3 atom stereocenters. The molecule has 178 valence electrons. The second kappa shape index (κ2) is 9.65. The second-order valence-corrected chi connectivity index (χ2v) is 15.1. The third-order valence-corrected chi connectivity index (χ3v) is 11.5. The predicted octanol–water partition coefficient (Wildman–Crippen LogP) is 6.41. The highest BCUT2D eigenvalue weighted by Gasteiger charge is 2.46. The van der Waals surface area contributed by atoms with Gasteiger partial charge in [-0.1, -0.05) is 63.2 Å². The van der Waals surface area contributed by atoms with Gasteiger partial charge in [0, 0.05) is 18.2 Å². The first-order valence-electron chi connectivity index (χ1n) is 11.4. The third-order valence-electron chi connectivity index (χ3n) is 7.09. The molecule has 1 unspecified atom stereocenters. The molecule has 7 nitrogen and oxygen atoms in total. The Hall–Kier alpha value is -2.71. The third kappa shape index (κ3) is 5.62. The Morgan fingerprint density at radius 2 is 1.76 bits per heavy atom. The number of carboxylic acid groups (broad SMARTS) is 1. The van der Waals surface area contributed by atoms with Crippen LogP contribution in [0.4, 0.5) is 10.5 Å². The summed E-state index contributed by atoms with van der Waals surface area (Å²) in [7, 11) is -2.18. The number of non-ortho nitro benzene ring substituents is 1. The van der Waals surface area contributed by atoms with Gasteiger partial charge in [0.25, 0.3) is 5.69 Å². The lowest BCUT2D eigenvalue weighted by Gasteiger charge is -2.42. The highest BCUT2D eigenvalue weighted by atomic mass is 28.4. The van der Waals surface area contributed by atoms with E-state index < -0.39 is 19.3 Å². The Balaban J connectivity index is 1.90. The van der Waals surface area contributed by atoms with Gasteiger partial charge >= 0.3 is 6.09 Å². The number of rotatable bonds is 7. The molecule has 1 fully saturated rings. The normalized spacial score (nSPS) is 20.0. The van der Waals surface area contributed by atoms with Gasteiger partial charge in [-0.25, -0.2) is 4.79 Å². The van der Waals surface area contributed by atoms with E-state index in [-0.39, 0.29) is 28.9 Å². The predicted molar refractivity (Wildman–Crippen MR) is 131 cm³/mol. The van der Waals surface area contributed by atoms with Crippen molar-refractivity contribution in [3.05, 3.63) is 75.8 Å². The van der Waals surface area contributed by atoms with E-state index in [1.54, 1.807) is 17.0 Å². The summed E-state index contributed by atoms with van der Waals surface area (Å²) in [6.07, 6.45) is 0.646. The number of amides is 1. The highest BCUT2D eigenvalue weighted by molar-refractivity contribution is 6.74. The molecule has 0 radical (unpaired) electrons. The fourth-order valence-corrected chi connectivity index (χ4v) is 5.52. The van der Waals surface area contributed by atoms with E-state index in [0.29, 0.717) is 12.8 Å². The fraction of sp³-hybridized carbons (Fsp3) is 0.480. The molecule has 0 aromatic heterocycles. The molecule has 1 saturated heterocycles. The van der Waals surface area contributed by atoms with Crippen LogP contribution in [0.3, 0.4) is 0 Å². The van der Waals surface area contributed by atoms with E-state index in [0.717, 1.165) is 17.5 Å². The van der Waals surface area contributed by atoms with Gasteiger partial charge in [-0.2, -0.15) is 0 Å². The van der Waals surface area contributed by atoms with Crippen molar-refractivity contribution < 1.29 is 19.3 Å². The van der Waals surface area contributed by atoms with Gasteiger partial charge in [-0.05, 0) is 48.5 Å². The van der Waals surface area contributed by atoms with Gasteiger partial charge in [0.2, 0.25) is 0 Å². The van der Waals surface area contributed by atoms with Crippen LogP contribution < -0.4 is 0 Å². The first-order valence-corrected chi connectivity index (χ1v) is 14.3. The van der Waals surface area contributed by atoms with Crippen LogP contribution in [-0.2, 0) is 10.8 Å². The van der Waals surface area contributed by atoms with E-state index in [4.69, 9.17) is 4.43 Å². The molecule has 33 heavy (non-hydrogen) atoms. The first-order chi connectivity index (χ1) is 15.4. The van der Waals surface area contributed by atoms with Gasteiger partial charge < -0.3 is 9.53 Å². The van der Waals surface area contributed by atoms with Crippen molar-refractivity contribution in [3.8, 4) is 0 Å². The summed E-state index contributed by atoms with van der Waals surface area (Å²) in [5.41, 5.74) is 1.92. The number of hydrogen-bond donors (Lipinski definition) is 1. The van der Waals surface area contributed by atoms with E-state index in [1.165, 1.54) is 12.1 Å². The summed E-state index contributed by atoms with van der Waals surface area (Å²) in [4.78, 5) is 24.5. The Morgan fingerprint density at radius 1 is 1.15 bits per heavy atom. The minimum atomic E-state index is -2.18. The van der Waals surface area contributed by atoms with Crippen LogP contribution in [0, 0.1) is 10.1 Å².